The second-order valence-corrected chi connectivity index (χ2v) is 5.50. The van der Waals surface area contributed by atoms with Crippen LogP contribution < -0.4 is 0 Å². The van der Waals surface area contributed by atoms with Gasteiger partial charge in [0.05, 0.1) is 6.42 Å². The monoisotopic (exact) mass is 332 g/mol. The lowest BCUT2D eigenvalue weighted by Crippen LogP contribution is -1.90. The van der Waals surface area contributed by atoms with Gasteiger partial charge in [0.1, 0.15) is 0 Å². The van der Waals surface area contributed by atoms with Gasteiger partial charge in [-0.25, -0.2) is 0 Å². The van der Waals surface area contributed by atoms with Crippen molar-refractivity contribution in [1.82, 2.24) is 0 Å². The number of allylic oxidation sites excluding steroid dienone is 2. The van der Waals surface area contributed by atoms with Crippen molar-refractivity contribution in [3.8, 4) is 0 Å². The summed E-state index contributed by atoms with van der Waals surface area (Å²) >= 11 is 12.1. The molecule has 0 heterocycles. The Bertz CT molecular complexity index is 686. The molecule has 0 aromatic heterocycles. The fourth-order valence-electron chi connectivity index (χ4n) is 2.00. The summed E-state index contributed by atoms with van der Waals surface area (Å²) in [4.78, 5) is 10.6. The largest absolute Gasteiger partial charge is 0.481 e. The molecule has 0 aliphatic carbocycles. The summed E-state index contributed by atoms with van der Waals surface area (Å²) in [6.07, 6.45) is 5.16. The summed E-state index contributed by atoms with van der Waals surface area (Å²) in [6, 6.07) is 15.0. The van der Waals surface area contributed by atoms with Crippen LogP contribution in [0, 0.1) is 0 Å². The molecule has 0 unspecified atom stereocenters. The standard InChI is InChI=1S/C18H14Cl2O2/c19-15-7-3-5-13(11-15)17(9-1-2-10-18(21)22)14-6-4-8-16(20)12-14/h1-9,11-12H,10H2,(H,21,22)/b2-1-. The van der Waals surface area contributed by atoms with Crippen LogP contribution >= 0.6 is 23.2 Å². The Labute approximate surface area is 139 Å². The topological polar surface area (TPSA) is 37.3 Å². The average Bonchev–Trinajstić information content (AvgIpc) is 2.47. The van der Waals surface area contributed by atoms with Gasteiger partial charge in [0.15, 0.2) is 0 Å². The van der Waals surface area contributed by atoms with Gasteiger partial charge in [-0.2, -0.15) is 0 Å². The molecular weight excluding hydrogens is 319 g/mol. The lowest BCUT2D eigenvalue weighted by atomic mass is 9.97. The highest BCUT2D eigenvalue weighted by molar-refractivity contribution is 6.31. The lowest BCUT2D eigenvalue weighted by Gasteiger charge is -2.09. The quantitative estimate of drug-likeness (QED) is 0.738. The van der Waals surface area contributed by atoms with E-state index in [1.807, 2.05) is 42.5 Å². The predicted octanol–water partition coefficient (Wildman–Crippen LogP) is 5.46. The second kappa shape index (κ2) is 7.83. The third-order valence-corrected chi connectivity index (χ3v) is 3.43. The molecule has 0 spiro atoms. The van der Waals surface area contributed by atoms with Crippen LogP contribution in [0.25, 0.3) is 5.57 Å². The smallest absolute Gasteiger partial charge is 0.307 e. The zero-order valence-corrected chi connectivity index (χ0v) is 13.2. The van der Waals surface area contributed by atoms with Gasteiger partial charge in [-0.15, -0.1) is 0 Å². The molecule has 0 fully saturated rings. The molecule has 0 saturated carbocycles. The van der Waals surface area contributed by atoms with Gasteiger partial charge >= 0.3 is 5.97 Å². The molecule has 1 N–H and O–H groups in total. The molecule has 4 heteroatoms. The number of aliphatic carboxylic acids is 1. The maximum Gasteiger partial charge on any atom is 0.307 e. The van der Waals surface area contributed by atoms with Gasteiger partial charge in [0.2, 0.25) is 0 Å². The van der Waals surface area contributed by atoms with E-state index >= 15 is 0 Å². The van der Waals surface area contributed by atoms with Crippen LogP contribution in [0.2, 0.25) is 10.0 Å². The minimum atomic E-state index is -0.864. The van der Waals surface area contributed by atoms with Crippen molar-refractivity contribution in [3.05, 3.63) is 87.9 Å². The molecule has 2 aromatic rings. The second-order valence-electron chi connectivity index (χ2n) is 4.63. The summed E-state index contributed by atoms with van der Waals surface area (Å²) in [5.41, 5.74) is 2.80. The Hall–Kier alpha value is -2.03. The zero-order valence-electron chi connectivity index (χ0n) is 11.7. The Morgan fingerprint density at radius 2 is 1.55 bits per heavy atom. The molecule has 2 nitrogen and oxygen atoms in total. The molecule has 0 aliphatic heterocycles. The van der Waals surface area contributed by atoms with Crippen LogP contribution in [0.3, 0.4) is 0 Å². The van der Waals surface area contributed by atoms with E-state index in [0.29, 0.717) is 10.0 Å². The normalized spacial score (nSPS) is 10.6. The van der Waals surface area contributed by atoms with Gasteiger partial charge in [-0.05, 0) is 41.0 Å². The van der Waals surface area contributed by atoms with Gasteiger partial charge < -0.3 is 5.11 Å². The number of rotatable bonds is 5. The number of hydrogen-bond donors (Lipinski definition) is 1. The van der Waals surface area contributed by atoms with E-state index < -0.39 is 5.97 Å². The fourth-order valence-corrected chi connectivity index (χ4v) is 2.38. The molecule has 22 heavy (non-hydrogen) atoms. The maximum absolute atomic E-state index is 10.6. The van der Waals surface area contributed by atoms with Crippen molar-refractivity contribution in [2.24, 2.45) is 0 Å². The van der Waals surface area contributed by atoms with Crippen LogP contribution in [0.15, 0.2) is 66.8 Å². The van der Waals surface area contributed by atoms with Gasteiger partial charge in [-0.1, -0.05) is 65.7 Å². The first-order valence-electron chi connectivity index (χ1n) is 6.67. The highest BCUT2D eigenvalue weighted by atomic mass is 35.5. The van der Waals surface area contributed by atoms with Crippen molar-refractivity contribution in [2.45, 2.75) is 6.42 Å². The van der Waals surface area contributed by atoms with E-state index in [1.165, 1.54) is 0 Å². The van der Waals surface area contributed by atoms with E-state index in [1.54, 1.807) is 24.3 Å². The first-order valence-corrected chi connectivity index (χ1v) is 7.42. The lowest BCUT2D eigenvalue weighted by molar-refractivity contribution is -0.136. The average molecular weight is 333 g/mol. The van der Waals surface area contributed by atoms with E-state index in [0.717, 1.165) is 16.7 Å². The SMILES string of the molecule is O=C(O)C/C=C\C=C(c1cccc(Cl)c1)c1cccc(Cl)c1. The molecule has 0 amide bonds. The predicted molar refractivity (Wildman–Crippen MR) is 91.4 cm³/mol. The van der Waals surface area contributed by atoms with Gasteiger partial charge in [0.25, 0.3) is 0 Å². The summed E-state index contributed by atoms with van der Waals surface area (Å²) < 4.78 is 0. The molecule has 0 aliphatic rings. The number of halogens is 2. The highest BCUT2D eigenvalue weighted by Crippen LogP contribution is 2.27. The molecule has 112 valence electrons. The Kier molecular flexibility index (Phi) is 5.82. The number of carboxylic acid groups (broad SMARTS) is 1. The van der Waals surface area contributed by atoms with Crippen molar-refractivity contribution in [1.29, 1.82) is 0 Å². The molecule has 0 atom stereocenters. The Morgan fingerprint density at radius 1 is 1.00 bits per heavy atom. The zero-order chi connectivity index (χ0) is 15.9. The minimum absolute atomic E-state index is 0.0190. The maximum atomic E-state index is 10.6. The van der Waals surface area contributed by atoms with Crippen LogP contribution in [0.5, 0.6) is 0 Å². The summed E-state index contributed by atoms with van der Waals surface area (Å²) in [6.45, 7) is 0. The molecule has 0 bridgehead atoms. The number of benzene rings is 2. The van der Waals surface area contributed by atoms with Crippen LogP contribution in [0.4, 0.5) is 0 Å². The van der Waals surface area contributed by atoms with E-state index in [2.05, 4.69) is 0 Å². The minimum Gasteiger partial charge on any atom is -0.481 e. The number of carbonyl (C=O) groups is 1. The summed E-state index contributed by atoms with van der Waals surface area (Å²) in [5.74, 6) is -0.864. The van der Waals surface area contributed by atoms with Crippen molar-refractivity contribution in [2.75, 3.05) is 0 Å². The van der Waals surface area contributed by atoms with Crippen LogP contribution in [0.1, 0.15) is 17.5 Å². The number of hydrogen-bond acceptors (Lipinski definition) is 1. The van der Waals surface area contributed by atoms with Gasteiger partial charge in [-0.3, -0.25) is 4.79 Å². The van der Waals surface area contributed by atoms with Crippen LogP contribution in [-0.4, -0.2) is 11.1 Å². The highest BCUT2D eigenvalue weighted by Gasteiger charge is 2.05. The molecule has 0 saturated heterocycles. The van der Waals surface area contributed by atoms with Crippen LogP contribution in [-0.2, 0) is 4.79 Å². The molecular formula is C18H14Cl2O2. The molecule has 0 radical (unpaired) electrons. The fraction of sp³-hybridized carbons (Fsp3) is 0.0556. The van der Waals surface area contributed by atoms with E-state index in [4.69, 9.17) is 28.3 Å². The summed E-state index contributed by atoms with van der Waals surface area (Å²) in [5, 5.41) is 9.96. The van der Waals surface area contributed by atoms with Crippen molar-refractivity contribution >= 4 is 34.7 Å². The van der Waals surface area contributed by atoms with E-state index in [9.17, 15) is 4.79 Å². The Balaban J connectivity index is 2.43. The first kappa shape index (κ1) is 16.3. The Morgan fingerprint density at radius 3 is 2.00 bits per heavy atom. The van der Waals surface area contributed by atoms with Gasteiger partial charge in [0, 0.05) is 10.0 Å². The molecule has 2 rings (SSSR count). The van der Waals surface area contributed by atoms with E-state index in [-0.39, 0.29) is 6.42 Å². The van der Waals surface area contributed by atoms with Crippen molar-refractivity contribution < 1.29 is 9.90 Å². The van der Waals surface area contributed by atoms with Crippen molar-refractivity contribution in [3.63, 3.8) is 0 Å². The third-order valence-electron chi connectivity index (χ3n) is 2.96. The summed E-state index contributed by atoms with van der Waals surface area (Å²) in [7, 11) is 0. The first-order chi connectivity index (χ1) is 10.6. The number of carboxylic acids is 1. The molecule has 2 aromatic carbocycles. The third kappa shape index (κ3) is 4.76.